The third-order valence-corrected chi connectivity index (χ3v) is 8.48. The van der Waals surface area contributed by atoms with Crippen LogP contribution < -0.4 is 5.32 Å². The first kappa shape index (κ1) is 22.0. The first-order chi connectivity index (χ1) is 16.9. The summed E-state index contributed by atoms with van der Waals surface area (Å²) in [4.78, 5) is 38.6. The van der Waals surface area contributed by atoms with Crippen molar-refractivity contribution in [2.24, 2.45) is 11.8 Å². The molecule has 35 heavy (non-hydrogen) atoms. The first-order valence-electron chi connectivity index (χ1n) is 12.0. The average Bonchev–Trinajstić information content (AvgIpc) is 3.18. The number of pyridine rings is 1. The molecule has 1 saturated carbocycles. The van der Waals surface area contributed by atoms with Crippen LogP contribution in [0.25, 0.3) is 16.1 Å². The van der Waals surface area contributed by atoms with Gasteiger partial charge in [-0.25, -0.2) is 9.97 Å². The second-order valence-electron chi connectivity index (χ2n) is 9.62. The fourth-order valence-electron chi connectivity index (χ4n) is 5.34. The van der Waals surface area contributed by atoms with Gasteiger partial charge in [0, 0.05) is 19.3 Å². The van der Waals surface area contributed by atoms with Crippen LogP contribution in [0.3, 0.4) is 0 Å². The van der Waals surface area contributed by atoms with Crippen LogP contribution in [0.4, 0.5) is 0 Å². The molecule has 1 N–H and O–H groups in total. The number of aromatic nitrogens is 3. The molecular formula is C27H27N5O2S. The molecular weight excluding hydrogens is 458 g/mol. The number of fused-ring (bicyclic) bond motifs is 2. The molecule has 2 aliphatic rings. The summed E-state index contributed by atoms with van der Waals surface area (Å²) in [6.45, 7) is 7.28. The zero-order chi connectivity index (χ0) is 24.3. The number of thiazole rings is 1. The van der Waals surface area contributed by atoms with Gasteiger partial charge in [-0.05, 0) is 67.9 Å². The minimum atomic E-state index is -0.180. The molecule has 0 bridgehead atoms. The highest BCUT2D eigenvalue weighted by molar-refractivity contribution is 7.15. The van der Waals surface area contributed by atoms with Gasteiger partial charge in [-0.15, -0.1) is 11.3 Å². The number of nitrogens with zero attached hydrogens (tertiary/aromatic N) is 4. The van der Waals surface area contributed by atoms with E-state index in [0.717, 1.165) is 34.1 Å². The average molecular weight is 486 g/mol. The summed E-state index contributed by atoms with van der Waals surface area (Å²) in [5.74, 6) is 0.734. The molecule has 2 amide bonds. The number of piperidine rings is 1. The van der Waals surface area contributed by atoms with Crippen LogP contribution in [0.2, 0.25) is 0 Å². The van der Waals surface area contributed by atoms with Crippen molar-refractivity contribution >= 4 is 28.8 Å². The van der Waals surface area contributed by atoms with Gasteiger partial charge in [0.1, 0.15) is 17.0 Å². The molecule has 8 heteroatoms. The zero-order valence-electron chi connectivity index (χ0n) is 20.0. The Balaban J connectivity index is 1.24. The number of hydrogen-bond acceptors (Lipinski definition) is 5. The maximum atomic E-state index is 13.8. The van der Waals surface area contributed by atoms with E-state index in [2.05, 4.69) is 41.3 Å². The lowest BCUT2D eigenvalue weighted by molar-refractivity contribution is 0.0690. The molecule has 0 unspecified atom stereocenters. The number of carbonyl (C=O) groups is 2. The summed E-state index contributed by atoms with van der Waals surface area (Å²) < 4.78 is 1.78. The van der Waals surface area contributed by atoms with E-state index in [-0.39, 0.29) is 17.9 Å². The van der Waals surface area contributed by atoms with Gasteiger partial charge in [0.25, 0.3) is 11.8 Å². The van der Waals surface area contributed by atoms with Gasteiger partial charge < -0.3 is 10.2 Å². The lowest BCUT2D eigenvalue weighted by atomic mass is 10.0. The van der Waals surface area contributed by atoms with Crippen molar-refractivity contribution in [3.05, 3.63) is 76.3 Å². The number of imidazole rings is 1. The number of carbonyl (C=O) groups excluding carboxylic acids is 2. The number of aryl methyl sites for hydroxylation is 2. The summed E-state index contributed by atoms with van der Waals surface area (Å²) >= 11 is 1.57. The van der Waals surface area contributed by atoms with Crippen molar-refractivity contribution in [1.29, 1.82) is 0 Å². The third kappa shape index (κ3) is 3.72. The molecule has 1 aromatic carbocycles. The number of hydrogen-bond donors (Lipinski definition) is 1. The Morgan fingerprint density at radius 3 is 2.86 bits per heavy atom. The van der Waals surface area contributed by atoms with Crippen LogP contribution in [0.15, 0.2) is 48.8 Å². The fourth-order valence-corrected chi connectivity index (χ4v) is 6.34. The minimum Gasteiger partial charge on any atom is -0.349 e. The number of rotatable bonds is 5. The molecule has 0 radical (unpaired) electrons. The van der Waals surface area contributed by atoms with Gasteiger partial charge in [-0.1, -0.05) is 24.3 Å². The van der Waals surface area contributed by atoms with Crippen LogP contribution in [0.1, 0.15) is 43.5 Å². The molecule has 2 fully saturated rings. The Kier molecular flexibility index (Phi) is 5.21. The molecule has 1 aliphatic carbocycles. The van der Waals surface area contributed by atoms with Crippen LogP contribution in [-0.2, 0) is 0 Å². The molecule has 178 valence electrons. The highest BCUT2D eigenvalue weighted by Gasteiger charge is 2.54. The SMILES string of the molecule is Cc1nc(C(=O)N2C[C@@H]3C[C@@H]3[C@H]2CNC(=O)c2cnc3ccccn23)c(-c2cccc(C)c2C)s1. The van der Waals surface area contributed by atoms with E-state index in [1.165, 1.54) is 11.1 Å². The summed E-state index contributed by atoms with van der Waals surface area (Å²) in [7, 11) is 0. The Morgan fingerprint density at radius 1 is 1.14 bits per heavy atom. The van der Waals surface area contributed by atoms with Crippen LogP contribution in [0, 0.1) is 32.6 Å². The molecule has 0 spiro atoms. The second-order valence-corrected chi connectivity index (χ2v) is 10.8. The number of amides is 2. The van der Waals surface area contributed by atoms with Gasteiger partial charge >= 0.3 is 0 Å². The Labute approximate surface area is 207 Å². The van der Waals surface area contributed by atoms with Crippen LogP contribution in [-0.4, -0.2) is 50.2 Å². The maximum absolute atomic E-state index is 13.8. The first-order valence-corrected chi connectivity index (χ1v) is 12.8. The lowest BCUT2D eigenvalue weighted by Gasteiger charge is -2.27. The predicted molar refractivity (Wildman–Crippen MR) is 136 cm³/mol. The standard InChI is InChI=1S/C27H27N5O2S/c1-15-7-6-8-19(16(15)2)25-24(30-17(3)35-25)27(34)32-14-18-11-20(18)21(32)12-29-26(33)22-13-28-23-9-4-5-10-31(22)23/h4-10,13,18,20-21H,11-12,14H2,1-3H3,(H,29,33)/t18-,20-,21+/m0/s1. The minimum absolute atomic E-state index is 0.0240. The van der Waals surface area contributed by atoms with Gasteiger partial charge in [-0.2, -0.15) is 0 Å². The normalized spacial score (nSPS) is 20.8. The molecule has 1 aliphatic heterocycles. The molecule has 4 heterocycles. The smallest absolute Gasteiger partial charge is 0.274 e. The molecule has 6 rings (SSSR count). The lowest BCUT2D eigenvalue weighted by Crippen LogP contribution is -2.46. The van der Waals surface area contributed by atoms with Crippen LogP contribution >= 0.6 is 11.3 Å². The van der Waals surface area contributed by atoms with E-state index in [0.29, 0.717) is 29.8 Å². The molecule has 4 aromatic rings. The Hall–Kier alpha value is -3.52. The van der Waals surface area contributed by atoms with E-state index in [4.69, 9.17) is 0 Å². The van der Waals surface area contributed by atoms with Crippen molar-refractivity contribution in [2.45, 2.75) is 33.2 Å². The van der Waals surface area contributed by atoms with Gasteiger partial charge in [0.05, 0.1) is 22.1 Å². The largest absolute Gasteiger partial charge is 0.349 e. The number of likely N-dealkylation sites (tertiary alicyclic amines) is 1. The quantitative estimate of drug-likeness (QED) is 0.458. The van der Waals surface area contributed by atoms with Crippen molar-refractivity contribution in [3.63, 3.8) is 0 Å². The number of nitrogens with one attached hydrogen (secondary N) is 1. The highest BCUT2D eigenvalue weighted by Crippen LogP contribution is 2.50. The number of benzene rings is 1. The van der Waals surface area contributed by atoms with Crippen molar-refractivity contribution in [1.82, 2.24) is 24.6 Å². The van der Waals surface area contributed by atoms with E-state index >= 15 is 0 Å². The maximum Gasteiger partial charge on any atom is 0.274 e. The van der Waals surface area contributed by atoms with E-state index in [1.807, 2.05) is 42.3 Å². The van der Waals surface area contributed by atoms with Crippen molar-refractivity contribution < 1.29 is 9.59 Å². The Morgan fingerprint density at radius 2 is 2.00 bits per heavy atom. The highest BCUT2D eigenvalue weighted by atomic mass is 32.1. The monoisotopic (exact) mass is 485 g/mol. The van der Waals surface area contributed by atoms with Gasteiger partial charge in [-0.3, -0.25) is 14.0 Å². The molecule has 3 aromatic heterocycles. The molecule has 7 nitrogen and oxygen atoms in total. The van der Waals surface area contributed by atoms with E-state index < -0.39 is 0 Å². The predicted octanol–water partition coefficient (Wildman–Crippen LogP) is 4.27. The topological polar surface area (TPSA) is 79.6 Å². The third-order valence-electron chi connectivity index (χ3n) is 7.47. The summed E-state index contributed by atoms with van der Waals surface area (Å²) in [5.41, 5.74) is 5.20. The van der Waals surface area contributed by atoms with Crippen LogP contribution in [0.5, 0.6) is 0 Å². The van der Waals surface area contributed by atoms with E-state index in [1.54, 1.807) is 21.9 Å². The summed E-state index contributed by atoms with van der Waals surface area (Å²) in [5, 5.41) is 3.95. The van der Waals surface area contributed by atoms with Gasteiger partial charge in [0.2, 0.25) is 0 Å². The summed E-state index contributed by atoms with van der Waals surface area (Å²) in [6.07, 6.45) is 4.54. The van der Waals surface area contributed by atoms with E-state index in [9.17, 15) is 9.59 Å². The van der Waals surface area contributed by atoms with Gasteiger partial charge in [0.15, 0.2) is 0 Å². The summed E-state index contributed by atoms with van der Waals surface area (Å²) in [6, 6.07) is 11.8. The molecule has 1 saturated heterocycles. The fraction of sp³-hybridized carbons (Fsp3) is 0.333. The van der Waals surface area contributed by atoms with Crippen molar-refractivity contribution in [3.8, 4) is 10.4 Å². The second kappa shape index (κ2) is 8.30. The Bertz CT molecular complexity index is 1470. The molecule has 3 atom stereocenters. The zero-order valence-corrected chi connectivity index (χ0v) is 20.8. The van der Waals surface area contributed by atoms with Crippen molar-refractivity contribution in [2.75, 3.05) is 13.1 Å².